The van der Waals surface area contributed by atoms with Gasteiger partial charge in [-0.3, -0.25) is 14.9 Å². The second kappa shape index (κ2) is 6.36. The van der Waals surface area contributed by atoms with Gasteiger partial charge in [-0.1, -0.05) is 26.8 Å². The summed E-state index contributed by atoms with van der Waals surface area (Å²) in [5, 5.41) is 16.7. The maximum absolute atomic E-state index is 12.2. The van der Waals surface area contributed by atoms with Crippen molar-refractivity contribution in [2.24, 2.45) is 5.41 Å². The molecule has 0 saturated carbocycles. The molecule has 0 heterocycles. The molecule has 1 aromatic carbocycles. The van der Waals surface area contributed by atoms with E-state index in [0.717, 1.165) is 0 Å². The number of carbonyl (C=O) groups is 1. The Kier molecular flexibility index (Phi) is 5.07. The number of anilines is 1. The maximum atomic E-state index is 12.2. The number of hydrogen-bond acceptors (Lipinski definition) is 4. The van der Waals surface area contributed by atoms with Gasteiger partial charge in [0, 0.05) is 19.2 Å². The summed E-state index contributed by atoms with van der Waals surface area (Å²) in [5.41, 5.74) is 0.432. The molecule has 0 radical (unpaired) electrons. The predicted octanol–water partition coefficient (Wildman–Crippen LogP) is 2.80. The van der Waals surface area contributed by atoms with Crippen LogP contribution in [0.4, 0.5) is 11.4 Å². The second-order valence-corrected chi connectivity index (χ2v) is 5.73. The standard InChI is InChI=1S/C14H21N3O3/c1-5-15-12-10(7-6-8-11(12)17(19)20)13(18)16-9-14(2,3)4/h6-8,15H,5,9H2,1-4H3,(H,16,18). The summed E-state index contributed by atoms with van der Waals surface area (Å²) < 4.78 is 0. The molecule has 0 saturated heterocycles. The number of rotatable bonds is 5. The first kappa shape index (κ1) is 15.9. The molecule has 0 spiro atoms. The largest absolute Gasteiger partial charge is 0.379 e. The Labute approximate surface area is 118 Å². The summed E-state index contributed by atoms with van der Waals surface area (Å²) in [6, 6.07) is 4.49. The van der Waals surface area contributed by atoms with Crippen molar-refractivity contribution in [1.82, 2.24) is 5.32 Å². The summed E-state index contributed by atoms with van der Waals surface area (Å²) in [7, 11) is 0. The van der Waals surface area contributed by atoms with E-state index in [9.17, 15) is 14.9 Å². The van der Waals surface area contributed by atoms with Crippen molar-refractivity contribution in [1.29, 1.82) is 0 Å². The average Bonchev–Trinajstić information content (AvgIpc) is 2.35. The van der Waals surface area contributed by atoms with Gasteiger partial charge in [-0.2, -0.15) is 0 Å². The summed E-state index contributed by atoms with van der Waals surface area (Å²) >= 11 is 0. The minimum absolute atomic E-state index is 0.0469. The van der Waals surface area contributed by atoms with E-state index in [0.29, 0.717) is 18.7 Å². The van der Waals surface area contributed by atoms with Gasteiger partial charge in [0.1, 0.15) is 5.69 Å². The Bertz CT molecular complexity index is 507. The molecule has 110 valence electrons. The van der Waals surface area contributed by atoms with Gasteiger partial charge in [-0.25, -0.2) is 0 Å². The highest BCUT2D eigenvalue weighted by Gasteiger charge is 2.22. The fourth-order valence-electron chi connectivity index (χ4n) is 1.68. The summed E-state index contributed by atoms with van der Waals surface area (Å²) in [5.74, 6) is -0.306. The summed E-state index contributed by atoms with van der Waals surface area (Å²) in [6.45, 7) is 8.85. The van der Waals surface area contributed by atoms with Crippen molar-refractivity contribution in [3.63, 3.8) is 0 Å². The molecular weight excluding hydrogens is 258 g/mol. The quantitative estimate of drug-likeness (QED) is 0.641. The number of nitrogens with one attached hydrogen (secondary N) is 2. The van der Waals surface area contributed by atoms with Gasteiger partial charge in [0.05, 0.1) is 10.5 Å². The number of amides is 1. The fraction of sp³-hybridized carbons (Fsp3) is 0.500. The number of nitro groups is 1. The number of hydrogen-bond donors (Lipinski definition) is 2. The van der Waals surface area contributed by atoms with Gasteiger partial charge in [0.2, 0.25) is 0 Å². The van der Waals surface area contributed by atoms with Crippen LogP contribution in [-0.4, -0.2) is 23.9 Å². The van der Waals surface area contributed by atoms with Crippen LogP contribution in [0, 0.1) is 15.5 Å². The van der Waals surface area contributed by atoms with E-state index in [2.05, 4.69) is 10.6 Å². The van der Waals surface area contributed by atoms with Crippen molar-refractivity contribution in [2.75, 3.05) is 18.4 Å². The van der Waals surface area contributed by atoms with E-state index < -0.39 is 4.92 Å². The van der Waals surface area contributed by atoms with Gasteiger partial charge in [-0.05, 0) is 18.4 Å². The first-order chi connectivity index (χ1) is 9.26. The third-order valence-electron chi connectivity index (χ3n) is 2.62. The molecule has 6 heteroatoms. The zero-order chi connectivity index (χ0) is 15.3. The molecular formula is C14H21N3O3. The lowest BCUT2D eigenvalue weighted by atomic mass is 9.97. The fourth-order valence-corrected chi connectivity index (χ4v) is 1.68. The third-order valence-corrected chi connectivity index (χ3v) is 2.62. The number of benzene rings is 1. The molecule has 0 fully saturated rings. The summed E-state index contributed by atoms with van der Waals surface area (Å²) in [4.78, 5) is 22.7. The molecule has 0 bridgehead atoms. The van der Waals surface area contributed by atoms with Crippen molar-refractivity contribution >= 4 is 17.3 Å². The van der Waals surface area contributed by atoms with Gasteiger partial charge < -0.3 is 10.6 Å². The van der Waals surface area contributed by atoms with Gasteiger partial charge in [-0.15, -0.1) is 0 Å². The highest BCUT2D eigenvalue weighted by molar-refractivity contribution is 6.01. The van der Waals surface area contributed by atoms with E-state index in [1.807, 2.05) is 27.7 Å². The smallest absolute Gasteiger partial charge is 0.293 e. The van der Waals surface area contributed by atoms with E-state index in [4.69, 9.17) is 0 Å². The Morgan fingerprint density at radius 2 is 2.00 bits per heavy atom. The van der Waals surface area contributed by atoms with Crippen LogP contribution in [0.25, 0.3) is 0 Å². The highest BCUT2D eigenvalue weighted by Crippen LogP contribution is 2.28. The number of para-hydroxylation sites is 1. The lowest BCUT2D eigenvalue weighted by Gasteiger charge is -2.19. The van der Waals surface area contributed by atoms with Crippen LogP contribution in [0.3, 0.4) is 0 Å². The topological polar surface area (TPSA) is 84.3 Å². The number of nitrogens with zero attached hydrogens (tertiary/aromatic N) is 1. The molecule has 0 aliphatic heterocycles. The van der Waals surface area contributed by atoms with E-state index >= 15 is 0 Å². The molecule has 2 N–H and O–H groups in total. The predicted molar refractivity (Wildman–Crippen MR) is 79.0 cm³/mol. The van der Waals surface area contributed by atoms with E-state index in [1.165, 1.54) is 12.1 Å². The highest BCUT2D eigenvalue weighted by atomic mass is 16.6. The van der Waals surface area contributed by atoms with E-state index in [1.54, 1.807) is 6.07 Å². The Balaban J connectivity index is 3.07. The van der Waals surface area contributed by atoms with Gasteiger partial charge in [0.15, 0.2) is 0 Å². The number of nitro benzene ring substituents is 1. The van der Waals surface area contributed by atoms with Crippen molar-refractivity contribution in [2.45, 2.75) is 27.7 Å². The van der Waals surface area contributed by atoms with Crippen LogP contribution in [0.1, 0.15) is 38.1 Å². The van der Waals surface area contributed by atoms with Crippen molar-refractivity contribution in [3.05, 3.63) is 33.9 Å². The molecule has 1 aromatic rings. The SMILES string of the molecule is CCNc1c(C(=O)NCC(C)(C)C)cccc1[N+](=O)[O-]. The second-order valence-electron chi connectivity index (χ2n) is 5.73. The first-order valence-electron chi connectivity index (χ1n) is 6.55. The Hall–Kier alpha value is -2.11. The molecule has 6 nitrogen and oxygen atoms in total. The normalized spacial score (nSPS) is 11.0. The molecule has 0 aliphatic rings. The molecule has 0 unspecified atom stereocenters. The molecule has 20 heavy (non-hydrogen) atoms. The zero-order valence-electron chi connectivity index (χ0n) is 12.3. The average molecular weight is 279 g/mol. The van der Waals surface area contributed by atoms with Crippen molar-refractivity contribution < 1.29 is 9.72 Å². The third kappa shape index (κ3) is 4.22. The van der Waals surface area contributed by atoms with Crippen LogP contribution < -0.4 is 10.6 Å². The minimum atomic E-state index is -0.488. The Morgan fingerprint density at radius 3 is 2.50 bits per heavy atom. The van der Waals surface area contributed by atoms with Gasteiger partial charge in [0.25, 0.3) is 11.6 Å². The molecule has 0 aliphatic carbocycles. The van der Waals surface area contributed by atoms with E-state index in [-0.39, 0.29) is 22.7 Å². The molecule has 0 atom stereocenters. The Morgan fingerprint density at radius 1 is 1.35 bits per heavy atom. The lowest BCUT2D eigenvalue weighted by Crippen LogP contribution is -2.32. The van der Waals surface area contributed by atoms with Crippen LogP contribution in [0.5, 0.6) is 0 Å². The van der Waals surface area contributed by atoms with Crippen LogP contribution in [0.2, 0.25) is 0 Å². The monoisotopic (exact) mass is 279 g/mol. The minimum Gasteiger partial charge on any atom is -0.379 e. The van der Waals surface area contributed by atoms with Crippen molar-refractivity contribution in [3.8, 4) is 0 Å². The zero-order valence-corrected chi connectivity index (χ0v) is 12.3. The molecule has 1 rings (SSSR count). The maximum Gasteiger partial charge on any atom is 0.293 e. The first-order valence-corrected chi connectivity index (χ1v) is 6.55. The van der Waals surface area contributed by atoms with Crippen LogP contribution >= 0.6 is 0 Å². The summed E-state index contributed by atoms with van der Waals surface area (Å²) in [6.07, 6.45) is 0. The molecule has 0 aromatic heterocycles. The van der Waals surface area contributed by atoms with Gasteiger partial charge >= 0.3 is 0 Å². The van der Waals surface area contributed by atoms with Crippen LogP contribution in [-0.2, 0) is 0 Å². The van der Waals surface area contributed by atoms with Crippen LogP contribution in [0.15, 0.2) is 18.2 Å². The molecule has 1 amide bonds. The number of carbonyl (C=O) groups excluding carboxylic acids is 1. The lowest BCUT2D eigenvalue weighted by molar-refractivity contribution is -0.384.